The second-order valence-corrected chi connectivity index (χ2v) is 19.7. The van der Waals surface area contributed by atoms with Gasteiger partial charge in [0.2, 0.25) is 5.91 Å². The molecule has 2 aromatic carbocycles. The minimum absolute atomic E-state index is 0.0128. The van der Waals surface area contributed by atoms with E-state index in [0.717, 1.165) is 63.8 Å². The number of phenols is 1. The summed E-state index contributed by atoms with van der Waals surface area (Å²) in [6.45, 7) is 16.2. The first-order chi connectivity index (χ1) is 31.8. The fourth-order valence-corrected chi connectivity index (χ4v) is 9.73. The molecule has 2 aliphatic rings. The number of pyridine rings is 1. The zero-order valence-electron chi connectivity index (χ0n) is 41.5. The van der Waals surface area contributed by atoms with Crippen LogP contribution < -0.4 is 10.7 Å². The maximum atomic E-state index is 14.4. The van der Waals surface area contributed by atoms with Gasteiger partial charge in [0.05, 0.1) is 30.2 Å². The van der Waals surface area contributed by atoms with Gasteiger partial charge >= 0.3 is 5.97 Å². The van der Waals surface area contributed by atoms with E-state index in [0.29, 0.717) is 44.6 Å². The third-order valence-electron chi connectivity index (χ3n) is 13.0. The number of amides is 3. The molecule has 1 unspecified atom stereocenters. The third kappa shape index (κ3) is 12.2. The Balaban J connectivity index is 1.37. The predicted octanol–water partition coefficient (Wildman–Crippen LogP) is 6.68. The first-order valence-electron chi connectivity index (χ1n) is 23.8. The number of likely N-dealkylation sites (N-methyl/N-ethyl adjacent to an activating group) is 2. The minimum atomic E-state index is -1.01. The fourth-order valence-electron chi connectivity index (χ4n) is 9.73. The topological polar surface area (TPSA) is 168 Å². The highest BCUT2D eigenvalue weighted by Gasteiger charge is 2.39. The van der Waals surface area contributed by atoms with Crippen molar-refractivity contribution in [3.8, 4) is 28.1 Å². The Hall–Kier alpha value is -5.35. The smallest absolute Gasteiger partial charge is 0.302 e. The summed E-state index contributed by atoms with van der Waals surface area (Å²) < 4.78 is 19.8. The van der Waals surface area contributed by atoms with Crippen LogP contribution in [0.2, 0.25) is 0 Å². The number of phenolic OH excluding ortho intramolecular Hbond substituents is 1. The zero-order valence-corrected chi connectivity index (χ0v) is 41.5. The summed E-state index contributed by atoms with van der Waals surface area (Å²) >= 11 is 0. The van der Waals surface area contributed by atoms with Crippen LogP contribution in [0.1, 0.15) is 97.1 Å². The molecule has 2 fully saturated rings. The number of hydrogen-bond acceptors (Lipinski definition) is 11. The van der Waals surface area contributed by atoms with Crippen LogP contribution in [0.3, 0.4) is 0 Å². The van der Waals surface area contributed by atoms with E-state index >= 15 is 0 Å². The van der Waals surface area contributed by atoms with E-state index in [2.05, 4.69) is 54.3 Å². The molecule has 0 spiro atoms. The molecule has 15 nitrogen and oxygen atoms in total. The average Bonchev–Trinajstić information content (AvgIpc) is 3.88. The summed E-state index contributed by atoms with van der Waals surface area (Å²) in [7, 11) is 7.25. The van der Waals surface area contributed by atoms with E-state index in [1.807, 2.05) is 58.0 Å². The molecule has 0 saturated carbocycles. The average molecular weight is 924 g/mol. The van der Waals surface area contributed by atoms with E-state index in [9.17, 15) is 24.3 Å². The molecular weight excluding hydrogens is 851 g/mol. The summed E-state index contributed by atoms with van der Waals surface area (Å²) in [5, 5.41) is 17.0. The van der Waals surface area contributed by atoms with Gasteiger partial charge in [-0.15, -0.1) is 0 Å². The van der Waals surface area contributed by atoms with E-state index in [1.54, 1.807) is 37.5 Å². The van der Waals surface area contributed by atoms with Crippen molar-refractivity contribution in [2.75, 3.05) is 54.5 Å². The number of aryl methyl sites for hydroxylation is 1. The molecule has 3 N–H and O–H groups in total. The Morgan fingerprint density at radius 2 is 1.79 bits per heavy atom. The van der Waals surface area contributed by atoms with E-state index in [4.69, 9.17) is 19.2 Å². The van der Waals surface area contributed by atoms with Gasteiger partial charge in [-0.3, -0.25) is 29.2 Å². The molecule has 3 amide bonds. The second-order valence-electron chi connectivity index (χ2n) is 19.7. The van der Waals surface area contributed by atoms with Crippen LogP contribution in [0.25, 0.3) is 33.3 Å². The lowest BCUT2D eigenvalue weighted by Gasteiger charge is -2.35. The Labute approximate surface area is 396 Å². The van der Waals surface area contributed by atoms with Crippen LogP contribution in [0.5, 0.6) is 5.75 Å². The van der Waals surface area contributed by atoms with Crippen molar-refractivity contribution < 1.29 is 38.5 Å². The number of nitrogens with one attached hydrogen (secondary N) is 2. The number of aromatic nitrogens is 2. The molecule has 4 heterocycles. The number of methoxy groups -OCH3 is 1. The van der Waals surface area contributed by atoms with Gasteiger partial charge in [0.15, 0.2) is 0 Å². The Kier molecular flexibility index (Phi) is 16.9. The number of hydrogen-bond donors (Lipinski definition) is 3. The molecular formula is C52H73N7O8. The number of ether oxygens (including phenoxy) is 3. The molecule has 6 rings (SSSR count). The van der Waals surface area contributed by atoms with Gasteiger partial charge in [-0.25, -0.2) is 5.43 Å². The standard InChI is InChI=1S/C52H73N7O8/c1-12-58-44-19-17-36(28-41(44)42(29-52(6,7)31-66-34(5)60)48(58)40-16-15-21-53-46(40)33(4)65-11)37-24-35(25-38(61)27-37)26-43(50(63)59-23-14-13-22-54-59)55-49(62)47(32(2)3)57(10)51(64)45-20-18-39(67-45)30-56(8)9/h15-17,19,21,24-25,27-28,32-33,39,43,45,47,54,61H,12-14,18,20,22-23,26,29-31H2,1-11H3,(H,55,62)/t33-,39-,43-,45+,47?/m0/s1. The summed E-state index contributed by atoms with van der Waals surface area (Å²) in [5.74, 6) is -1.59. The summed E-state index contributed by atoms with van der Waals surface area (Å²) in [5.41, 5.74) is 9.82. The van der Waals surface area contributed by atoms with Gasteiger partial charge in [-0.1, -0.05) is 39.8 Å². The van der Waals surface area contributed by atoms with Crippen LogP contribution in [0.15, 0.2) is 54.7 Å². The highest BCUT2D eigenvalue weighted by atomic mass is 16.5. The summed E-state index contributed by atoms with van der Waals surface area (Å²) in [6, 6.07) is 13.7. The van der Waals surface area contributed by atoms with Gasteiger partial charge in [0.1, 0.15) is 23.9 Å². The van der Waals surface area contributed by atoms with Crippen molar-refractivity contribution in [3.05, 3.63) is 71.5 Å². The number of carbonyl (C=O) groups excluding carboxylic acids is 4. The van der Waals surface area contributed by atoms with Crippen molar-refractivity contribution in [2.45, 2.75) is 124 Å². The Morgan fingerprint density at radius 3 is 2.45 bits per heavy atom. The number of nitrogens with zero attached hydrogens (tertiary/aromatic N) is 5. The van der Waals surface area contributed by atoms with Crippen molar-refractivity contribution in [3.63, 3.8) is 0 Å². The quantitative estimate of drug-likeness (QED) is 0.0859. The van der Waals surface area contributed by atoms with Crippen molar-refractivity contribution in [1.82, 2.24) is 35.1 Å². The highest BCUT2D eigenvalue weighted by Crippen LogP contribution is 2.42. The van der Waals surface area contributed by atoms with E-state index in [1.165, 1.54) is 11.8 Å². The monoisotopic (exact) mass is 924 g/mol. The molecule has 5 atom stereocenters. The van der Waals surface area contributed by atoms with Crippen LogP contribution in [0, 0.1) is 11.3 Å². The molecule has 0 aliphatic carbocycles. The normalized spacial score (nSPS) is 18.0. The van der Waals surface area contributed by atoms with Gasteiger partial charge in [0, 0.05) is 81.8 Å². The van der Waals surface area contributed by atoms with Gasteiger partial charge in [-0.05, 0) is 125 Å². The van der Waals surface area contributed by atoms with Crippen LogP contribution in [-0.2, 0) is 52.8 Å². The molecule has 0 radical (unpaired) electrons. The van der Waals surface area contributed by atoms with E-state index in [-0.39, 0.29) is 54.7 Å². The number of fused-ring (bicyclic) bond motifs is 1. The number of hydrazine groups is 1. The van der Waals surface area contributed by atoms with Crippen molar-refractivity contribution >= 4 is 34.6 Å². The van der Waals surface area contributed by atoms with Gasteiger partial charge in [-0.2, -0.15) is 0 Å². The molecule has 67 heavy (non-hydrogen) atoms. The molecule has 2 aromatic heterocycles. The van der Waals surface area contributed by atoms with E-state index < -0.39 is 29.5 Å². The molecule has 4 aromatic rings. The SMILES string of the molecule is CCn1c(-c2cccnc2[C@H](C)OC)c(CC(C)(C)COC(C)=O)c2cc(-c3cc(O)cc(C[C@H](NC(=O)C(C(C)C)N(C)C(=O)[C@H]4CC[C@@H](CN(C)C)O4)C(=O)N4CCCCN4)c3)ccc21. The second kappa shape index (κ2) is 22.2. The fraction of sp³-hybridized carbons (Fsp3) is 0.558. The molecule has 364 valence electrons. The predicted molar refractivity (Wildman–Crippen MR) is 260 cm³/mol. The summed E-state index contributed by atoms with van der Waals surface area (Å²) in [4.78, 5) is 63.0. The van der Waals surface area contributed by atoms with Gasteiger partial charge in [0.25, 0.3) is 11.8 Å². The zero-order chi connectivity index (χ0) is 48.7. The molecule has 2 saturated heterocycles. The number of benzene rings is 2. The lowest BCUT2D eigenvalue weighted by atomic mass is 9.84. The number of carbonyl (C=O) groups is 4. The lowest BCUT2D eigenvalue weighted by Crippen LogP contribution is -2.60. The van der Waals surface area contributed by atoms with Crippen LogP contribution in [0.4, 0.5) is 0 Å². The number of aromatic hydroxyl groups is 1. The van der Waals surface area contributed by atoms with Crippen molar-refractivity contribution in [1.29, 1.82) is 0 Å². The maximum absolute atomic E-state index is 14.4. The number of esters is 1. The minimum Gasteiger partial charge on any atom is -0.508 e. The maximum Gasteiger partial charge on any atom is 0.302 e. The summed E-state index contributed by atoms with van der Waals surface area (Å²) in [6.07, 6.45) is 4.51. The molecule has 0 bridgehead atoms. The first-order valence-corrected chi connectivity index (χ1v) is 23.8. The Bertz CT molecular complexity index is 2390. The van der Waals surface area contributed by atoms with Gasteiger partial charge < -0.3 is 39.0 Å². The third-order valence-corrected chi connectivity index (χ3v) is 13.0. The van der Waals surface area contributed by atoms with Crippen molar-refractivity contribution in [2.24, 2.45) is 11.3 Å². The van der Waals surface area contributed by atoms with Crippen LogP contribution >= 0.6 is 0 Å². The highest BCUT2D eigenvalue weighted by molar-refractivity contribution is 5.96. The molecule has 15 heteroatoms. The number of rotatable bonds is 19. The largest absolute Gasteiger partial charge is 0.508 e. The lowest BCUT2D eigenvalue weighted by molar-refractivity contribution is -0.150. The first kappa shape index (κ1) is 51.0. The molecule has 2 aliphatic heterocycles. The van der Waals surface area contributed by atoms with Crippen LogP contribution in [-0.4, -0.2) is 132 Å². The Morgan fingerprint density at radius 1 is 1.03 bits per heavy atom.